The Morgan fingerprint density at radius 1 is 0.862 bits per heavy atom. The first kappa shape index (κ1) is 18.4. The summed E-state index contributed by atoms with van der Waals surface area (Å²) in [5, 5.41) is 6.71. The molecule has 144 valence electrons. The van der Waals surface area contributed by atoms with E-state index in [9.17, 15) is 0 Å². The fourth-order valence-corrected chi connectivity index (χ4v) is 2.84. The highest BCUT2D eigenvalue weighted by Gasteiger charge is 2.08. The van der Waals surface area contributed by atoms with E-state index in [4.69, 9.17) is 9.72 Å². The number of hydrogen-bond acceptors (Lipinski definition) is 6. The fourth-order valence-electron chi connectivity index (χ4n) is 2.84. The number of hydrogen-bond donors (Lipinski definition) is 2. The van der Waals surface area contributed by atoms with Crippen LogP contribution in [0.3, 0.4) is 0 Å². The minimum absolute atomic E-state index is 0.626. The summed E-state index contributed by atoms with van der Waals surface area (Å²) in [6.45, 7) is 0.626. The van der Waals surface area contributed by atoms with Crippen molar-refractivity contribution in [2.45, 2.75) is 6.54 Å². The fraction of sp³-hybridized carbons (Fsp3) is 0.0870. The van der Waals surface area contributed by atoms with Gasteiger partial charge in [0.25, 0.3) is 0 Å². The van der Waals surface area contributed by atoms with Gasteiger partial charge in [0, 0.05) is 36.3 Å². The van der Waals surface area contributed by atoms with Crippen molar-refractivity contribution in [2.24, 2.45) is 0 Å². The predicted molar refractivity (Wildman–Crippen MR) is 115 cm³/mol. The average Bonchev–Trinajstić information content (AvgIpc) is 2.79. The average molecular weight is 383 g/mol. The molecule has 0 amide bonds. The van der Waals surface area contributed by atoms with Crippen LogP contribution in [0, 0.1) is 0 Å². The Morgan fingerprint density at radius 3 is 2.38 bits per heavy atom. The van der Waals surface area contributed by atoms with E-state index >= 15 is 0 Å². The summed E-state index contributed by atoms with van der Waals surface area (Å²) >= 11 is 0. The Labute approximate surface area is 169 Å². The van der Waals surface area contributed by atoms with Crippen molar-refractivity contribution >= 4 is 17.3 Å². The van der Waals surface area contributed by atoms with Crippen molar-refractivity contribution in [3.8, 4) is 17.1 Å². The molecule has 2 aromatic carbocycles. The molecule has 0 aliphatic rings. The highest BCUT2D eigenvalue weighted by atomic mass is 16.5. The van der Waals surface area contributed by atoms with Gasteiger partial charge in [0.05, 0.1) is 7.11 Å². The molecule has 0 unspecified atom stereocenters. The van der Waals surface area contributed by atoms with Crippen LogP contribution in [0.15, 0.2) is 85.2 Å². The summed E-state index contributed by atoms with van der Waals surface area (Å²) in [5.41, 5.74) is 2.95. The van der Waals surface area contributed by atoms with Gasteiger partial charge >= 0.3 is 0 Å². The van der Waals surface area contributed by atoms with Crippen LogP contribution in [0.2, 0.25) is 0 Å². The van der Waals surface area contributed by atoms with Crippen molar-refractivity contribution in [1.29, 1.82) is 0 Å². The molecule has 0 saturated carbocycles. The lowest BCUT2D eigenvalue weighted by Crippen LogP contribution is -2.05. The summed E-state index contributed by atoms with van der Waals surface area (Å²) < 4.78 is 5.22. The quantitative estimate of drug-likeness (QED) is 0.473. The number of methoxy groups -OCH3 is 1. The summed E-state index contributed by atoms with van der Waals surface area (Å²) in [7, 11) is 1.65. The number of anilines is 3. The maximum absolute atomic E-state index is 5.22. The third kappa shape index (κ3) is 4.87. The number of rotatable bonds is 7. The second kappa shape index (κ2) is 8.84. The molecule has 6 heteroatoms. The minimum Gasteiger partial charge on any atom is -0.497 e. The van der Waals surface area contributed by atoms with E-state index in [1.807, 2.05) is 79.0 Å². The van der Waals surface area contributed by atoms with Gasteiger partial charge in [-0.2, -0.15) is 0 Å². The lowest BCUT2D eigenvalue weighted by Gasteiger charge is -2.12. The first-order valence-electron chi connectivity index (χ1n) is 9.28. The molecule has 0 aliphatic heterocycles. The zero-order chi connectivity index (χ0) is 19.9. The summed E-state index contributed by atoms with van der Waals surface area (Å²) in [5.74, 6) is 2.90. The van der Waals surface area contributed by atoms with Gasteiger partial charge in [-0.1, -0.05) is 36.4 Å². The molecular formula is C23H21N5O. The van der Waals surface area contributed by atoms with Crippen molar-refractivity contribution in [1.82, 2.24) is 15.0 Å². The number of ether oxygens (including phenoxy) is 1. The van der Waals surface area contributed by atoms with Crippen LogP contribution < -0.4 is 15.4 Å². The van der Waals surface area contributed by atoms with Gasteiger partial charge in [0.15, 0.2) is 5.82 Å². The maximum atomic E-state index is 5.22. The second-order valence-electron chi connectivity index (χ2n) is 6.40. The normalized spacial score (nSPS) is 10.4. The van der Waals surface area contributed by atoms with E-state index in [0.29, 0.717) is 18.2 Å². The number of nitrogens with zero attached hydrogens (tertiary/aromatic N) is 3. The van der Waals surface area contributed by atoms with Crippen molar-refractivity contribution in [2.75, 3.05) is 17.7 Å². The first-order valence-corrected chi connectivity index (χ1v) is 9.28. The van der Waals surface area contributed by atoms with Crippen LogP contribution in [0.5, 0.6) is 5.75 Å². The molecule has 2 heterocycles. The molecule has 0 radical (unpaired) electrons. The van der Waals surface area contributed by atoms with Gasteiger partial charge in [-0.05, 0) is 35.9 Å². The molecule has 0 aliphatic carbocycles. The highest BCUT2D eigenvalue weighted by Crippen LogP contribution is 2.24. The van der Waals surface area contributed by atoms with E-state index in [1.165, 1.54) is 0 Å². The van der Waals surface area contributed by atoms with Gasteiger partial charge in [-0.15, -0.1) is 0 Å². The lowest BCUT2D eigenvalue weighted by molar-refractivity contribution is 0.415. The predicted octanol–water partition coefficient (Wildman–Crippen LogP) is 4.90. The van der Waals surface area contributed by atoms with E-state index in [0.717, 1.165) is 28.4 Å². The molecule has 0 spiro atoms. The van der Waals surface area contributed by atoms with Gasteiger partial charge < -0.3 is 15.4 Å². The number of pyridine rings is 1. The molecule has 29 heavy (non-hydrogen) atoms. The Bertz CT molecular complexity index is 1050. The SMILES string of the molecule is COc1ccc(Nc2cc(NCc3cccnc3)nc(-c3ccccc3)n2)cc1. The minimum atomic E-state index is 0.626. The standard InChI is InChI=1S/C23H21N5O/c1-29-20-11-9-19(10-12-20)26-22-14-21(25-16-17-6-5-13-24-15-17)27-23(28-22)18-7-3-2-4-8-18/h2-15H,16H2,1H3,(H2,25,26,27,28). The smallest absolute Gasteiger partial charge is 0.163 e. The largest absolute Gasteiger partial charge is 0.497 e. The van der Waals surface area contributed by atoms with Gasteiger partial charge in [-0.3, -0.25) is 4.98 Å². The van der Waals surface area contributed by atoms with Gasteiger partial charge in [0.2, 0.25) is 0 Å². The van der Waals surface area contributed by atoms with E-state index in [-0.39, 0.29) is 0 Å². The van der Waals surface area contributed by atoms with Gasteiger partial charge in [-0.25, -0.2) is 9.97 Å². The Morgan fingerprint density at radius 2 is 1.66 bits per heavy atom. The summed E-state index contributed by atoms with van der Waals surface area (Å²) in [6.07, 6.45) is 3.60. The maximum Gasteiger partial charge on any atom is 0.163 e. The molecule has 4 aromatic rings. The van der Waals surface area contributed by atoms with E-state index in [1.54, 1.807) is 13.3 Å². The molecule has 2 N–H and O–H groups in total. The van der Waals surface area contributed by atoms with Crippen molar-refractivity contribution < 1.29 is 4.74 Å². The molecular weight excluding hydrogens is 362 g/mol. The van der Waals surface area contributed by atoms with Crippen LogP contribution in [0.4, 0.5) is 17.3 Å². The third-order valence-electron chi connectivity index (χ3n) is 4.32. The van der Waals surface area contributed by atoms with Crippen molar-refractivity contribution in [3.63, 3.8) is 0 Å². The zero-order valence-corrected chi connectivity index (χ0v) is 16.0. The second-order valence-corrected chi connectivity index (χ2v) is 6.40. The number of aromatic nitrogens is 3. The zero-order valence-electron chi connectivity index (χ0n) is 16.0. The molecule has 0 saturated heterocycles. The summed E-state index contributed by atoms with van der Waals surface area (Å²) in [6, 6.07) is 23.5. The van der Waals surface area contributed by atoms with Crippen LogP contribution in [-0.4, -0.2) is 22.1 Å². The van der Waals surface area contributed by atoms with E-state index < -0.39 is 0 Å². The highest BCUT2D eigenvalue weighted by molar-refractivity contribution is 5.65. The van der Waals surface area contributed by atoms with Crippen LogP contribution in [-0.2, 0) is 6.54 Å². The Kier molecular flexibility index (Phi) is 5.62. The lowest BCUT2D eigenvalue weighted by atomic mass is 10.2. The number of benzene rings is 2. The Balaban J connectivity index is 1.62. The van der Waals surface area contributed by atoms with Gasteiger partial charge in [0.1, 0.15) is 17.4 Å². The molecule has 0 atom stereocenters. The van der Waals surface area contributed by atoms with Crippen LogP contribution in [0.25, 0.3) is 11.4 Å². The molecule has 4 rings (SSSR count). The molecule has 0 bridgehead atoms. The van der Waals surface area contributed by atoms with Crippen LogP contribution >= 0.6 is 0 Å². The molecule has 2 aromatic heterocycles. The van der Waals surface area contributed by atoms with Crippen LogP contribution in [0.1, 0.15) is 5.56 Å². The topological polar surface area (TPSA) is 72.0 Å². The third-order valence-corrected chi connectivity index (χ3v) is 4.32. The molecule has 0 fully saturated rings. The number of nitrogens with one attached hydrogen (secondary N) is 2. The Hall–Kier alpha value is -3.93. The molecule has 6 nitrogen and oxygen atoms in total. The first-order chi connectivity index (χ1) is 14.3. The summed E-state index contributed by atoms with van der Waals surface area (Å²) in [4.78, 5) is 13.5. The van der Waals surface area contributed by atoms with E-state index in [2.05, 4.69) is 20.6 Å². The monoisotopic (exact) mass is 383 g/mol. The van der Waals surface area contributed by atoms with Crippen molar-refractivity contribution in [3.05, 3.63) is 90.8 Å².